The molecule has 0 saturated carbocycles. The van der Waals surface area contributed by atoms with E-state index in [0.717, 1.165) is 5.69 Å². The van der Waals surface area contributed by atoms with Gasteiger partial charge in [-0.1, -0.05) is 23.2 Å². The van der Waals surface area contributed by atoms with Crippen LogP contribution in [0.1, 0.15) is 10.4 Å². The molecule has 2 nitrogen and oxygen atoms in total. The van der Waals surface area contributed by atoms with Crippen LogP contribution in [-0.2, 0) is 0 Å². The summed E-state index contributed by atoms with van der Waals surface area (Å²) in [6.45, 7) is 0. The fourth-order valence-electron chi connectivity index (χ4n) is 1.47. The third-order valence-corrected chi connectivity index (χ3v) is 2.96. The number of carbonyl (C=O) groups is 1. The number of rotatable bonds is 4. The van der Waals surface area contributed by atoms with Crippen LogP contribution in [0.4, 0.5) is 5.69 Å². The van der Waals surface area contributed by atoms with Gasteiger partial charge in [0.05, 0.1) is 0 Å². The van der Waals surface area contributed by atoms with Crippen molar-refractivity contribution in [3.05, 3.63) is 76.4 Å². The van der Waals surface area contributed by atoms with E-state index in [1.54, 1.807) is 42.6 Å². The molecule has 4 heteroatoms. The third kappa shape index (κ3) is 4.12. The highest BCUT2D eigenvalue weighted by Crippen LogP contribution is 2.13. The van der Waals surface area contributed by atoms with E-state index in [0.29, 0.717) is 15.6 Å². The van der Waals surface area contributed by atoms with Crippen molar-refractivity contribution in [1.29, 1.82) is 0 Å². The lowest BCUT2D eigenvalue weighted by Gasteiger charge is -2.00. The second-order valence-electron chi connectivity index (χ2n) is 3.86. The SMILES string of the molecule is O=C(/C=C/Nc1ccc(Cl)cc1)c1ccc(Cl)cc1. The molecule has 0 saturated heterocycles. The Kier molecular flexibility index (Phi) is 4.61. The zero-order valence-corrected chi connectivity index (χ0v) is 11.4. The molecule has 0 aliphatic carbocycles. The van der Waals surface area contributed by atoms with Crippen LogP contribution in [0.3, 0.4) is 0 Å². The maximum atomic E-state index is 11.8. The molecule has 19 heavy (non-hydrogen) atoms. The standard InChI is InChI=1S/C15H11Cl2NO/c16-12-3-1-11(2-4-12)15(19)9-10-18-14-7-5-13(17)6-8-14/h1-10,18H/b10-9+. The van der Waals surface area contributed by atoms with Crippen molar-refractivity contribution in [3.8, 4) is 0 Å². The Bertz CT molecular complexity index is 589. The molecule has 2 rings (SSSR count). The number of hydrogen-bond acceptors (Lipinski definition) is 2. The normalized spacial score (nSPS) is 10.6. The highest BCUT2D eigenvalue weighted by atomic mass is 35.5. The molecule has 0 aromatic heterocycles. The van der Waals surface area contributed by atoms with Crippen molar-refractivity contribution in [1.82, 2.24) is 0 Å². The molecule has 0 heterocycles. The third-order valence-electron chi connectivity index (χ3n) is 2.46. The Hall–Kier alpha value is -1.77. The minimum Gasteiger partial charge on any atom is -0.362 e. The Balaban J connectivity index is 1.97. The van der Waals surface area contributed by atoms with Crippen molar-refractivity contribution in [3.63, 3.8) is 0 Å². The Morgan fingerprint density at radius 3 is 2.00 bits per heavy atom. The van der Waals surface area contributed by atoms with Gasteiger partial charge in [-0.2, -0.15) is 0 Å². The predicted molar refractivity (Wildman–Crippen MR) is 80.0 cm³/mol. The Morgan fingerprint density at radius 2 is 1.42 bits per heavy atom. The summed E-state index contributed by atoms with van der Waals surface area (Å²) < 4.78 is 0. The van der Waals surface area contributed by atoms with E-state index in [9.17, 15) is 4.79 Å². The minimum atomic E-state index is -0.0851. The molecular formula is C15H11Cl2NO. The van der Waals surface area contributed by atoms with Crippen LogP contribution >= 0.6 is 23.2 Å². The molecule has 96 valence electrons. The number of hydrogen-bond donors (Lipinski definition) is 1. The van der Waals surface area contributed by atoms with Gasteiger partial charge in [-0.05, 0) is 48.5 Å². The first-order valence-electron chi connectivity index (χ1n) is 5.64. The van der Waals surface area contributed by atoms with Gasteiger partial charge in [0.1, 0.15) is 0 Å². The van der Waals surface area contributed by atoms with Gasteiger partial charge in [-0.25, -0.2) is 0 Å². The van der Waals surface area contributed by atoms with Crippen molar-refractivity contribution in [2.75, 3.05) is 5.32 Å². The maximum absolute atomic E-state index is 11.8. The van der Waals surface area contributed by atoms with E-state index in [2.05, 4.69) is 5.32 Å². The van der Waals surface area contributed by atoms with Gasteiger partial charge in [0.2, 0.25) is 0 Å². The fraction of sp³-hybridized carbons (Fsp3) is 0. The number of allylic oxidation sites excluding steroid dienone is 1. The average Bonchev–Trinajstić information content (AvgIpc) is 2.41. The highest BCUT2D eigenvalue weighted by molar-refractivity contribution is 6.31. The molecule has 0 radical (unpaired) electrons. The molecule has 2 aromatic rings. The van der Waals surface area contributed by atoms with E-state index in [1.165, 1.54) is 6.08 Å². The topological polar surface area (TPSA) is 29.1 Å². The number of benzene rings is 2. The lowest BCUT2D eigenvalue weighted by atomic mass is 10.1. The van der Waals surface area contributed by atoms with Crippen molar-refractivity contribution < 1.29 is 4.79 Å². The van der Waals surface area contributed by atoms with Crippen LogP contribution in [0.2, 0.25) is 10.0 Å². The molecule has 0 amide bonds. The van der Waals surface area contributed by atoms with Crippen LogP contribution in [0.15, 0.2) is 60.8 Å². The van der Waals surface area contributed by atoms with Gasteiger partial charge in [-0.3, -0.25) is 4.79 Å². The largest absolute Gasteiger partial charge is 0.362 e. The molecule has 0 spiro atoms. The number of ketones is 1. The van der Waals surface area contributed by atoms with Crippen LogP contribution in [0.25, 0.3) is 0 Å². The molecule has 0 fully saturated rings. The summed E-state index contributed by atoms with van der Waals surface area (Å²) in [6, 6.07) is 14.0. The quantitative estimate of drug-likeness (QED) is 0.647. The van der Waals surface area contributed by atoms with Crippen LogP contribution < -0.4 is 5.32 Å². The molecule has 0 aliphatic rings. The maximum Gasteiger partial charge on any atom is 0.187 e. The fourth-order valence-corrected chi connectivity index (χ4v) is 1.72. The molecular weight excluding hydrogens is 281 g/mol. The van der Waals surface area contributed by atoms with Crippen molar-refractivity contribution in [2.45, 2.75) is 0 Å². The summed E-state index contributed by atoms with van der Waals surface area (Å²) in [5, 5.41) is 4.28. The number of carbonyl (C=O) groups excluding carboxylic acids is 1. The number of halogens is 2. The first-order valence-corrected chi connectivity index (χ1v) is 6.39. The number of anilines is 1. The van der Waals surface area contributed by atoms with Gasteiger partial charge < -0.3 is 5.32 Å². The van der Waals surface area contributed by atoms with Gasteiger partial charge in [0.25, 0.3) is 0 Å². The molecule has 1 N–H and O–H groups in total. The smallest absolute Gasteiger partial charge is 0.187 e. The second-order valence-corrected chi connectivity index (χ2v) is 4.73. The Morgan fingerprint density at radius 1 is 0.895 bits per heavy atom. The summed E-state index contributed by atoms with van der Waals surface area (Å²) >= 11 is 11.5. The highest BCUT2D eigenvalue weighted by Gasteiger charge is 2.00. The second kappa shape index (κ2) is 6.41. The summed E-state index contributed by atoms with van der Waals surface area (Å²) in [5.41, 5.74) is 1.46. The lowest BCUT2D eigenvalue weighted by Crippen LogP contribution is -1.95. The Labute approximate surface area is 121 Å². The monoisotopic (exact) mass is 291 g/mol. The van der Waals surface area contributed by atoms with E-state index >= 15 is 0 Å². The number of nitrogens with one attached hydrogen (secondary N) is 1. The summed E-state index contributed by atoms with van der Waals surface area (Å²) in [5.74, 6) is -0.0851. The van der Waals surface area contributed by atoms with Crippen molar-refractivity contribution in [2.24, 2.45) is 0 Å². The molecule has 0 aliphatic heterocycles. The van der Waals surface area contributed by atoms with Crippen LogP contribution in [0.5, 0.6) is 0 Å². The average molecular weight is 292 g/mol. The molecule has 2 aromatic carbocycles. The first kappa shape index (κ1) is 13.7. The van der Waals surface area contributed by atoms with E-state index in [4.69, 9.17) is 23.2 Å². The van der Waals surface area contributed by atoms with Gasteiger partial charge >= 0.3 is 0 Å². The summed E-state index contributed by atoms with van der Waals surface area (Å²) in [6.07, 6.45) is 3.07. The molecule has 0 unspecified atom stereocenters. The van der Waals surface area contributed by atoms with Crippen molar-refractivity contribution >= 4 is 34.7 Å². The van der Waals surface area contributed by atoms with Crippen LogP contribution in [0, 0.1) is 0 Å². The molecule has 0 bridgehead atoms. The van der Waals surface area contributed by atoms with Gasteiger partial charge in [-0.15, -0.1) is 0 Å². The van der Waals surface area contributed by atoms with E-state index < -0.39 is 0 Å². The zero-order chi connectivity index (χ0) is 13.7. The predicted octanol–water partition coefficient (Wildman–Crippen LogP) is 4.80. The summed E-state index contributed by atoms with van der Waals surface area (Å²) in [4.78, 5) is 11.8. The van der Waals surface area contributed by atoms with E-state index in [-0.39, 0.29) is 5.78 Å². The minimum absolute atomic E-state index is 0.0851. The van der Waals surface area contributed by atoms with Gasteiger partial charge in [0, 0.05) is 33.6 Å². The molecule has 0 atom stereocenters. The lowest BCUT2D eigenvalue weighted by molar-refractivity contribution is 0.104. The van der Waals surface area contributed by atoms with Crippen LogP contribution in [-0.4, -0.2) is 5.78 Å². The zero-order valence-electron chi connectivity index (χ0n) is 9.94. The van der Waals surface area contributed by atoms with E-state index in [1.807, 2.05) is 12.1 Å². The summed E-state index contributed by atoms with van der Waals surface area (Å²) in [7, 11) is 0. The first-order chi connectivity index (χ1) is 9.15. The van der Waals surface area contributed by atoms with Gasteiger partial charge in [0.15, 0.2) is 5.78 Å².